The van der Waals surface area contributed by atoms with Gasteiger partial charge in [-0.2, -0.15) is 0 Å². The SMILES string of the molecule is CCNS(=O)(=O)c1ccc(/C=[N+](\O)C(C)(C)C)cc1. The number of hydrogen-bond acceptors (Lipinski definition) is 3. The fourth-order valence-corrected chi connectivity index (χ4v) is 2.38. The molecule has 1 aromatic rings. The molecule has 1 aromatic carbocycles. The molecule has 0 bridgehead atoms. The Hall–Kier alpha value is -1.40. The molecule has 0 aliphatic heterocycles. The second-order valence-corrected chi connectivity index (χ2v) is 6.98. The van der Waals surface area contributed by atoms with Gasteiger partial charge in [0.1, 0.15) is 0 Å². The van der Waals surface area contributed by atoms with Crippen LogP contribution < -0.4 is 4.72 Å². The first-order valence-corrected chi connectivity index (χ1v) is 7.58. The predicted molar refractivity (Wildman–Crippen MR) is 74.3 cm³/mol. The molecule has 0 aliphatic carbocycles. The van der Waals surface area contributed by atoms with Crippen LogP contribution in [0.5, 0.6) is 0 Å². The Balaban J connectivity index is 3.02. The molecule has 1 rings (SSSR count). The summed E-state index contributed by atoms with van der Waals surface area (Å²) in [5.41, 5.74) is 0.321. The fraction of sp³-hybridized carbons (Fsp3) is 0.462. The maximum atomic E-state index is 11.7. The van der Waals surface area contributed by atoms with Crippen molar-refractivity contribution < 1.29 is 18.4 Å². The average molecular weight is 285 g/mol. The summed E-state index contributed by atoms with van der Waals surface area (Å²) in [5, 5.41) is 9.80. The van der Waals surface area contributed by atoms with Crippen LogP contribution in [0.4, 0.5) is 0 Å². The van der Waals surface area contributed by atoms with Crippen LogP contribution in [0.25, 0.3) is 0 Å². The van der Waals surface area contributed by atoms with Crippen LogP contribution in [0.15, 0.2) is 29.2 Å². The third-order valence-corrected chi connectivity index (χ3v) is 4.04. The van der Waals surface area contributed by atoms with E-state index in [-0.39, 0.29) is 4.90 Å². The van der Waals surface area contributed by atoms with Crippen molar-refractivity contribution in [1.29, 1.82) is 0 Å². The van der Waals surface area contributed by atoms with E-state index in [0.717, 1.165) is 10.3 Å². The summed E-state index contributed by atoms with van der Waals surface area (Å²) in [7, 11) is -3.42. The zero-order valence-electron chi connectivity index (χ0n) is 11.7. The van der Waals surface area contributed by atoms with Gasteiger partial charge in [0.2, 0.25) is 21.8 Å². The van der Waals surface area contributed by atoms with E-state index >= 15 is 0 Å². The molecule has 0 amide bonds. The van der Waals surface area contributed by atoms with Crippen LogP contribution in [0.2, 0.25) is 0 Å². The Morgan fingerprint density at radius 3 is 2.21 bits per heavy atom. The molecule has 0 radical (unpaired) electrons. The Morgan fingerprint density at radius 1 is 1.26 bits per heavy atom. The molecule has 0 aromatic heterocycles. The molecule has 19 heavy (non-hydrogen) atoms. The first-order chi connectivity index (χ1) is 8.66. The van der Waals surface area contributed by atoms with Gasteiger partial charge in [-0.1, -0.05) is 6.92 Å². The predicted octanol–water partition coefficient (Wildman–Crippen LogP) is 1.60. The molecule has 106 valence electrons. The average Bonchev–Trinajstić information content (AvgIpc) is 2.28. The summed E-state index contributed by atoms with van der Waals surface area (Å²) in [6.45, 7) is 7.69. The van der Waals surface area contributed by atoms with Crippen molar-refractivity contribution in [3.63, 3.8) is 0 Å². The highest BCUT2D eigenvalue weighted by Crippen LogP contribution is 2.10. The first kappa shape index (κ1) is 15.7. The largest absolute Gasteiger partial charge is 0.290 e. The molecule has 0 spiro atoms. The number of sulfonamides is 1. The molecular weight excluding hydrogens is 264 g/mol. The van der Waals surface area contributed by atoms with E-state index in [1.165, 1.54) is 12.1 Å². The van der Waals surface area contributed by atoms with Crippen LogP contribution in [-0.2, 0) is 10.0 Å². The second kappa shape index (κ2) is 5.71. The molecule has 0 atom stereocenters. The lowest BCUT2D eigenvalue weighted by Crippen LogP contribution is -2.31. The van der Waals surface area contributed by atoms with Crippen LogP contribution >= 0.6 is 0 Å². The summed E-state index contributed by atoms with van der Waals surface area (Å²) < 4.78 is 27.0. The van der Waals surface area contributed by atoms with E-state index in [1.54, 1.807) is 25.3 Å². The van der Waals surface area contributed by atoms with Crippen LogP contribution in [0, 0.1) is 0 Å². The smallest absolute Gasteiger partial charge is 0.240 e. The van der Waals surface area contributed by atoms with Crippen LogP contribution in [0.1, 0.15) is 33.3 Å². The monoisotopic (exact) mass is 285 g/mol. The van der Waals surface area contributed by atoms with Gasteiger partial charge in [-0.25, -0.2) is 13.1 Å². The van der Waals surface area contributed by atoms with Crippen molar-refractivity contribution in [2.75, 3.05) is 6.54 Å². The second-order valence-electron chi connectivity index (χ2n) is 5.21. The Kier molecular flexibility index (Phi) is 4.70. The molecular formula is C13H21N2O3S+. The van der Waals surface area contributed by atoms with Crippen molar-refractivity contribution >= 4 is 16.2 Å². The molecule has 0 fully saturated rings. The van der Waals surface area contributed by atoms with Crippen molar-refractivity contribution in [2.24, 2.45) is 0 Å². The van der Waals surface area contributed by atoms with E-state index in [9.17, 15) is 13.6 Å². The minimum atomic E-state index is -3.42. The Bertz CT molecular complexity index is 555. The standard InChI is InChI=1S/C13H21N2O3S/c1-5-14-19(17,18)12-8-6-11(7-9-12)10-15(16)13(2,3)4/h6-10,14,16H,5H2,1-4H3/q+1/b15-10-. The quantitative estimate of drug-likeness (QED) is 0.382. The van der Waals surface area contributed by atoms with Gasteiger partial charge in [0.15, 0.2) is 0 Å². The third kappa shape index (κ3) is 4.33. The minimum Gasteiger partial charge on any atom is -0.290 e. The van der Waals surface area contributed by atoms with Gasteiger partial charge < -0.3 is 0 Å². The number of nitrogens with zero attached hydrogens (tertiary/aromatic N) is 1. The molecule has 6 heteroatoms. The highest BCUT2D eigenvalue weighted by Gasteiger charge is 2.24. The zero-order chi connectivity index (χ0) is 14.7. The molecule has 0 saturated carbocycles. The number of hydroxylamine groups is 1. The first-order valence-electron chi connectivity index (χ1n) is 6.09. The molecule has 0 heterocycles. The minimum absolute atomic E-state index is 0.215. The molecule has 0 saturated heterocycles. The summed E-state index contributed by atoms with van der Waals surface area (Å²) in [6.07, 6.45) is 1.56. The lowest BCUT2D eigenvalue weighted by atomic mass is 10.1. The van der Waals surface area contributed by atoms with Crippen LogP contribution in [0.3, 0.4) is 0 Å². The van der Waals surface area contributed by atoms with Crippen molar-refractivity contribution in [3.05, 3.63) is 29.8 Å². The zero-order valence-corrected chi connectivity index (χ0v) is 12.5. The number of hydrogen-bond donors (Lipinski definition) is 2. The highest BCUT2D eigenvalue weighted by atomic mass is 32.2. The van der Waals surface area contributed by atoms with Crippen molar-refractivity contribution in [2.45, 2.75) is 38.1 Å². The molecule has 0 unspecified atom stereocenters. The van der Waals surface area contributed by atoms with Gasteiger partial charge in [-0.05, 0) is 29.0 Å². The fourth-order valence-electron chi connectivity index (χ4n) is 1.34. The lowest BCUT2D eigenvalue weighted by Gasteiger charge is -2.09. The van der Waals surface area contributed by atoms with Gasteiger partial charge in [-0.3, -0.25) is 5.21 Å². The number of nitrogens with one attached hydrogen (secondary N) is 1. The Morgan fingerprint density at radius 2 is 1.79 bits per heavy atom. The van der Waals surface area contributed by atoms with Gasteiger partial charge in [0, 0.05) is 32.9 Å². The van der Waals surface area contributed by atoms with E-state index in [4.69, 9.17) is 0 Å². The highest BCUT2D eigenvalue weighted by molar-refractivity contribution is 7.89. The Labute approximate surface area is 114 Å². The normalized spacial score (nSPS) is 13.6. The van der Waals surface area contributed by atoms with Gasteiger partial charge in [0.05, 0.1) is 4.90 Å². The lowest BCUT2D eigenvalue weighted by molar-refractivity contribution is -0.816. The summed E-state index contributed by atoms with van der Waals surface area (Å²) in [4.78, 5) is 0.215. The number of rotatable bonds is 4. The molecule has 0 aliphatic rings. The van der Waals surface area contributed by atoms with Crippen molar-refractivity contribution in [3.8, 4) is 0 Å². The van der Waals surface area contributed by atoms with Gasteiger partial charge in [0.25, 0.3) is 0 Å². The summed E-state index contributed by atoms with van der Waals surface area (Å²) in [5.74, 6) is 0. The number of benzene rings is 1. The van der Waals surface area contributed by atoms with E-state index in [2.05, 4.69) is 4.72 Å². The van der Waals surface area contributed by atoms with E-state index < -0.39 is 15.6 Å². The third-order valence-electron chi connectivity index (χ3n) is 2.48. The van der Waals surface area contributed by atoms with Crippen LogP contribution in [-0.4, -0.2) is 36.7 Å². The van der Waals surface area contributed by atoms with Gasteiger partial charge in [-0.15, -0.1) is 0 Å². The van der Waals surface area contributed by atoms with E-state index in [1.807, 2.05) is 20.8 Å². The summed E-state index contributed by atoms with van der Waals surface area (Å²) in [6, 6.07) is 6.33. The van der Waals surface area contributed by atoms with Crippen molar-refractivity contribution in [1.82, 2.24) is 4.72 Å². The van der Waals surface area contributed by atoms with Gasteiger partial charge >= 0.3 is 0 Å². The summed E-state index contributed by atoms with van der Waals surface area (Å²) >= 11 is 0. The topological polar surface area (TPSA) is 69.4 Å². The molecule has 2 N–H and O–H groups in total. The van der Waals surface area contributed by atoms with E-state index in [0.29, 0.717) is 6.54 Å². The molecule has 5 nitrogen and oxygen atoms in total. The maximum absolute atomic E-state index is 11.7. The maximum Gasteiger partial charge on any atom is 0.240 e.